The molecule has 0 amide bonds. The zero-order valence-electron chi connectivity index (χ0n) is 9.56. The Hall–Kier alpha value is -0.710. The lowest BCUT2D eigenvalue weighted by Crippen LogP contribution is -2.26. The number of hydrogen-bond donors (Lipinski definition) is 1. The average Bonchev–Trinajstić information content (AvgIpc) is 2.87. The van der Waals surface area contributed by atoms with Crippen LogP contribution in [0, 0.1) is 6.92 Å². The molecule has 2 rings (SSSR count). The lowest BCUT2D eigenvalue weighted by atomic mass is 10.1. The molecule has 2 heterocycles. The van der Waals surface area contributed by atoms with Gasteiger partial charge in [0.2, 0.25) is 0 Å². The van der Waals surface area contributed by atoms with Crippen LogP contribution in [0.15, 0.2) is 23.0 Å². The van der Waals surface area contributed by atoms with E-state index in [0.29, 0.717) is 6.04 Å². The predicted octanol–water partition coefficient (Wildman–Crippen LogP) is 3.23. The standard InChI is InChI=1S/C12H16N2S2/c1-9(5-11-3-4-15-8-11)13-6-12-7-14-10(2)16-12/h3-4,7-9,13H,5-6H2,1-2H3. The van der Waals surface area contributed by atoms with Crippen LogP contribution in [-0.2, 0) is 13.0 Å². The second-order valence-electron chi connectivity index (χ2n) is 3.96. The van der Waals surface area contributed by atoms with Gasteiger partial charge in [0, 0.05) is 23.7 Å². The van der Waals surface area contributed by atoms with Crippen molar-refractivity contribution in [2.75, 3.05) is 0 Å². The fourth-order valence-electron chi connectivity index (χ4n) is 1.60. The first-order chi connectivity index (χ1) is 7.74. The lowest BCUT2D eigenvalue weighted by Gasteiger charge is -2.11. The Morgan fingerprint density at radius 3 is 3.00 bits per heavy atom. The molecular weight excluding hydrogens is 236 g/mol. The van der Waals surface area contributed by atoms with Crippen LogP contribution in [0.3, 0.4) is 0 Å². The third kappa shape index (κ3) is 3.40. The first kappa shape index (κ1) is 11.8. The first-order valence-corrected chi connectivity index (χ1v) is 7.16. The van der Waals surface area contributed by atoms with Crippen LogP contribution in [0.1, 0.15) is 22.4 Å². The van der Waals surface area contributed by atoms with Gasteiger partial charge in [-0.25, -0.2) is 4.98 Å². The number of hydrogen-bond acceptors (Lipinski definition) is 4. The van der Waals surface area contributed by atoms with E-state index in [1.807, 2.05) is 13.1 Å². The van der Waals surface area contributed by atoms with Gasteiger partial charge in [-0.2, -0.15) is 11.3 Å². The maximum atomic E-state index is 4.25. The van der Waals surface area contributed by atoms with Crippen molar-refractivity contribution in [3.05, 3.63) is 38.5 Å². The van der Waals surface area contributed by atoms with Gasteiger partial charge >= 0.3 is 0 Å². The molecule has 4 heteroatoms. The summed E-state index contributed by atoms with van der Waals surface area (Å²) in [6.45, 7) is 5.20. The topological polar surface area (TPSA) is 24.9 Å². The molecule has 0 saturated carbocycles. The van der Waals surface area contributed by atoms with E-state index in [9.17, 15) is 0 Å². The quantitative estimate of drug-likeness (QED) is 0.883. The maximum absolute atomic E-state index is 4.25. The second kappa shape index (κ2) is 5.57. The van der Waals surface area contributed by atoms with E-state index < -0.39 is 0 Å². The van der Waals surface area contributed by atoms with Gasteiger partial charge in [0.25, 0.3) is 0 Å². The summed E-state index contributed by atoms with van der Waals surface area (Å²) < 4.78 is 0. The minimum absolute atomic E-state index is 0.511. The summed E-state index contributed by atoms with van der Waals surface area (Å²) in [5, 5.41) is 9.02. The van der Waals surface area contributed by atoms with E-state index >= 15 is 0 Å². The fraction of sp³-hybridized carbons (Fsp3) is 0.417. The van der Waals surface area contributed by atoms with Crippen molar-refractivity contribution in [2.24, 2.45) is 0 Å². The second-order valence-corrected chi connectivity index (χ2v) is 6.06. The van der Waals surface area contributed by atoms with Crippen LogP contribution >= 0.6 is 22.7 Å². The zero-order valence-corrected chi connectivity index (χ0v) is 11.2. The van der Waals surface area contributed by atoms with Crippen molar-refractivity contribution in [3.8, 4) is 0 Å². The summed E-state index contributed by atoms with van der Waals surface area (Å²) in [5.74, 6) is 0. The van der Waals surface area contributed by atoms with Gasteiger partial charge in [-0.3, -0.25) is 0 Å². The highest BCUT2D eigenvalue weighted by Gasteiger charge is 2.04. The van der Waals surface area contributed by atoms with Crippen LogP contribution in [0.5, 0.6) is 0 Å². The maximum Gasteiger partial charge on any atom is 0.0897 e. The minimum Gasteiger partial charge on any atom is -0.309 e. The van der Waals surface area contributed by atoms with Crippen molar-refractivity contribution >= 4 is 22.7 Å². The molecule has 1 unspecified atom stereocenters. The summed E-state index contributed by atoms with van der Waals surface area (Å²) in [6.07, 6.45) is 3.06. The Morgan fingerprint density at radius 2 is 2.38 bits per heavy atom. The van der Waals surface area contributed by atoms with E-state index in [4.69, 9.17) is 0 Å². The molecule has 0 spiro atoms. The lowest BCUT2D eigenvalue weighted by molar-refractivity contribution is 0.549. The molecule has 0 fully saturated rings. The Labute approximate surface area is 104 Å². The average molecular weight is 252 g/mol. The van der Waals surface area contributed by atoms with Gasteiger partial charge in [0.15, 0.2) is 0 Å². The Kier molecular flexibility index (Phi) is 4.09. The smallest absolute Gasteiger partial charge is 0.0897 e. The number of thiazole rings is 1. The molecule has 0 aliphatic rings. The van der Waals surface area contributed by atoms with Crippen molar-refractivity contribution in [1.29, 1.82) is 0 Å². The van der Waals surface area contributed by atoms with Crippen molar-refractivity contribution in [1.82, 2.24) is 10.3 Å². The van der Waals surface area contributed by atoms with Gasteiger partial charge < -0.3 is 5.32 Å². The van der Waals surface area contributed by atoms with Gasteiger partial charge in [0.1, 0.15) is 0 Å². The molecule has 2 aromatic heterocycles. The van der Waals surface area contributed by atoms with E-state index in [1.165, 1.54) is 10.4 Å². The molecule has 1 N–H and O–H groups in total. The minimum atomic E-state index is 0.511. The summed E-state index contributed by atoms with van der Waals surface area (Å²) in [5.41, 5.74) is 1.42. The molecule has 2 nitrogen and oxygen atoms in total. The molecule has 0 aliphatic heterocycles. The molecule has 0 aromatic carbocycles. The molecule has 2 aromatic rings. The number of rotatable bonds is 5. The summed E-state index contributed by atoms with van der Waals surface area (Å²) in [4.78, 5) is 5.56. The highest BCUT2D eigenvalue weighted by Crippen LogP contribution is 2.12. The van der Waals surface area contributed by atoms with Gasteiger partial charge in [-0.15, -0.1) is 11.3 Å². The monoisotopic (exact) mass is 252 g/mol. The third-order valence-electron chi connectivity index (χ3n) is 2.42. The molecule has 86 valence electrons. The predicted molar refractivity (Wildman–Crippen MR) is 71.2 cm³/mol. The van der Waals surface area contributed by atoms with Crippen LogP contribution in [0.25, 0.3) is 0 Å². The summed E-state index contributed by atoms with van der Waals surface area (Å²) in [6, 6.07) is 2.71. The summed E-state index contributed by atoms with van der Waals surface area (Å²) in [7, 11) is 0. The Balaban J connectivity index is 1.77. The van der Waals surface area contributed by atoms with Gasteiger partial charge in [-0.05, 0) is 42.7 Å². The van der Waals surface area contributed by atoms with Crippen molar-refractivity contribution in [2.45, 2.75) is 32.9 Å². The molecule has 0 bridgehead atoms. The number of thiophene rings is 1. The summed E-state index contributed by atoms with van der Waals surface area (Å²) >= 11 is 3.53. The van der Waals surface area contributed by atoms with Crippen LogP contribution < -0.4 is 5.32 Å². The van der Waals surface area contributed by atoms with Gasteiger partial charge in [0.05, 0.1) is 5.01 Å². The number of aryl methyl sites for hydroxylation is 1. The van der Waals surface area contributed by atoms with Crippen LogP contribution in [0.4, 0.5) is 0 Å². The number of nitrogens with zero attached hydrogens (tertiary/aromatic N) is 1. The SMILES string of the molecule is Cc1ncc(CNC(C)Cc2ccsc2)s1. The molecule has 1 atom stereocenters. The first-order valence-electron chi connectivity index (χ1n) is 5.40. The highest BCUT2D eigenvalue weighted by molar-refractivity contribution is 7.11. The molecule has 0 aliphatic carbocycles. The van der Waals surface area contributed by atoms with E-state index in [-0.39, 0.29) is 0 Å². The number of aromatic nitrogens is 1. The number of nitrogens with one attached hydrogen (secondary N) is 1. The largest absolute Gasteiger partial charge is 0.309 e. The molecule has 0 radical (unpaired) electrons. The van der Waals surface area contributed by atoms with Crippen LogP contribution in [-0.4, -0.2) is 11.0 Å². The van der Waals surface area contributed by atoms with Crippen molar-refractivity contribution in [3.63, 3.8) is 0 Å². The Bertz CT molecular complexity index is 420. The van der Waals surface area contributed by atoms with E-state index in [2.05, 4.69) is 34.1 Å². The van der Waals surface area contributed by atoms with Gasteiger partial charge in [-0.1, -0.05) is 0 Å². The van der Waals surface area contributed by atoms with Crippen LogP contribution in [0.2, 0.25) is 0 Å². The Morgan fingerprint density at radius 1 is 1.50 bits per heavy atom. The normalized spacial score (nSPS) is 12.9. The highest BCUT2D eigenvalue weighted by atomic mass is 32.1. The van der Waals surface area contributed by atoms with E-state index in [1.54, 1.807) is 22.7 Å². The zero-order chi connectivity index (χ0) is 11.4. The molecular formula is C12H16N2S2. The molecule has 0 saturated heterocycles. The third-order valence-corrected chi connectivity index (χ3v) is 4.06. The van der Waals surface area contributed by atoms with E-state index in [0.717, 1.165) is 18.0 Å². The fourth-order valence-corrected chi connectivity index (χ4v) is 3.02. The van der Waals surface area contributed by atoms with Crippen molar-refractivity contribution < 1.29 is 0 Å². The molecule has 16 heavy (non-hydrogen) atoms.